The molecule has 3 N–H and O–H groups in total. The topological polar surface area (TPSA) is 120 Å². The van der Waals surface area contributed by atoms with Gasteiger partial charge in [-0.2, -0.15) is 5.26 Å². The first-order valence-corrected chi connectivity index (χ1v) is 8.73. The van der Waals surface area contributed by atoms with Crippen molar-refractivity contribution >= 4 is 39.0 Å². The second-order valence-electron chi connectivity index (χ2n) is 5.65. The van der Waals surface area contributed by atoms with E-state index in [2.05, 4.69) is 5.32 Å². The molecule has 0 spiro atoms. The predicted octanol–water partition coefficient (Wildman–Crippen LogP) is 3.37. The molecule has 1 amide bonds. The minimum absolute atomic E-state index is 0.190. The van der Waals surface area contributed by atoms with Crippen LogP contribution in [-0.2, 0) is 9.53 Å². The van der Waals surface area contributed by atoms with Crippen molar-refractivity contribution in [2.24, 2.45) is 0 Å². The summed E-state index contributed by atoms with van der Waals surface area (Å²) < 4.78 is 5.10. The zero-order valence-corrected chi connectivity index (χ0v) is 14.9. The lowest BCUT2D eigenvalue weighted by molar-refractivity contribution is -0.123. The fourth-order valence-corrected chi connectivity index (χ4v) is 3.22. The maximum Gasteiger partial charge on any atom is 0.342 e. The molecule has 0 saturated carbocycles. The van der Waals surface area contributed by atoms with Crippen LogP contribution in [0.25, 0.3) is 10.8 Å². The lowest BCUT2D eigenvalue weighted by atomic mass is 10.0. The number of amides is 1. The van der Waals surface area contributed by atoms with Crippen LogP contribution in [0.5, 0.6) is 11.5 Å². The van der Waals surface area contributed by atoms with Gasteiger partial charge in [0.1, 0.15) is 28.1 Å². The van der Waals surface area contributed by atoms with E-state index in [0.29, 0.717) is 21.3 Å². The van der Waals surface area contributed by atoms with Gasteiger partial charge in [-0.25, -0.2) is 4.79 Å². The average Bonchev–Trinajstić information content (AvgIpc) is 3.11. The van der Waals surface area contributed by atoms with Crippen molar-refractivity contribution in [2.75, 3.05) is 5.32 Å². The van der Waals surface area contributed by atoms with Crippen LogP contribution < -0.4 is 5.32 Å². The third-order valence-corrected chi connectivity index (χ3v) is 4.72. The molecule has 8 heteroatoms. The summed E-state index contributed by atoms with van der Waals surface area (Å²) in [5.74, 6) is -2.11. The van der Waals surface area contributed by atoms with Gasteiger partial charge < -0.3 is 20.3 Å². The fraction of sp³-hybridized carbons (Fsp3) is 0.105. The number of phenolic OH excluding ortho intramolecular Hbond substituents is 2. The molecule has 3 aromatic rings. The lowest BCUT2D eigenvalue weighted by Gasteiger charge is -2.14. The third kappa shape index (κ3) is 3.54. The number of carbonyl (C=O) groups is 2. The number of hydrogen-bond donors (Lipinski definition) is 3. The highest BCUT2D eigenvalue weighted by Gasteiger charge is 2.24. The number of thiophene rings is 1. The smallest absolute Gasteiger partial charge is 0.342 e. The molecule has 3 rings (SSSR count). The SMILES string of the molecule is C[C@H](OC(=O)c1cc(O)c2ccccc2c1O)C(=O)Nc1sccc1C#N. The van der Waals surface area contributed by atoms with Crippen molar-refractivity contribution in [1.82, 2.24) is 0 Å². The largest absolute Gasteiger partial charge is 0.507 e. The van der Waals surface area contributed by atoms with Crippen LogP contribution in [-0.4, -0.2) is 28.2 Å². The normalized spacial score (nSPS) is 11.6. The number of aromatic hydroxyl groups is 2. The van der Waals surface area contributed by atoms with Crippen molar-refractivity contribution in [3.8, 4) is 17.6 Å². The number of rotatable bonds is 4. The lowest BCUT2D eigenvalue weighted by Crippen LogP contribution is -2.30. The number of nitrogens with one attached hydrogen (secondary N) is 1. The number of phenols is 2. The van der Waals surface area contributed by atoms with Crippen molar-refractivity contribution < 1.29 is 24.5 Å². The molecule has 27 heavy (non-hydrogen) atoms. The Labute approximate surface area is 158 Å². The first-order valence-electron chi connectivity index (χ1n) is 7.85. The van der Waals surface area contributed by atoms with Gasteiger partial charge in [0.15, 0.2) is 6.10 Å². The highest BCUT2D eigenvalue weighted by molar-refractivity contribution is 7.14. The molecule has 0 aliphatic carbocycles. The molecule has 0 unspecified atom stereocenters. The number of nitrogens with zero attached hydrogens (tertiary/aromatic N) is 1. The fourth-order valence-electron chi connectivity index (χ4n) is 2.48. The summed E-state index contributed by atoms with van der Waals surface area (Å²) in [5, 5.41) is 34.6. The van der Waals surface area contributed by atoms with Crippen LogP contribution in [0, 0.1) is 11.3 Å². The van der Waals surface area contributed by atoms with Gasteiger partial charge in [-0.05, 0) is 24.4 Å². The Balaban J connectivity index is 1.79. The number of carbonyl (C=O) groups excluding carboxylic acids is 2. The second kappa shape index (κ2) is 7.35. The molecule has 0 aliphatic heterocycles. The number of benzene rings is 2. The number of nitriles is 1. The molecule has 0 bridgehead atoms. The van der Waals surface area contributed by atoms with E-state index in [4.69, 9.17) is 10.00 Å². The number of esters is 1. The summed E-state index contributed by atoms with van der Waals surface area (Å²) in [6, 6.07) is 11.1. The molecule has 2 aromatic carbocycles. The monoisotopic (exact) mass is 382 g/mol. The summed E-state index contributed by atoms with van der Waals surface area (Å²) in [7, 11) is 0. The maximum absolute atomic E-state index is 12.4. The Bertz CT molecular complexity index is 1080. The standard InChI is InChI=1S/C19H14N2O5S/c1-10(17(24)21-18-11(9-20)6-7-27-18)26-19(25)14-8-15(22)12-4-2-3-5-13(12)16(14)23/h2-8,10,22-23H,1H3,(H,21,24)/t10-/m0/s1. The van der Waals surface area contributed by atoms with Crippen molar-refractivity contribution in [3.05, 3.63) is 52.9 Å². The number of hydrogen-bond acceptors (Lipinski definition) is 7. The van der Waals surface area contributed by atoms with E-state index < -0.39 is 18.0 Å². The summed E-state index contributed by atoms with van der Waals surface area (Å²) >= 11 is 1.17. The Hall–Kier alpha value is -3.57. The average molecular weight is 382 g/mol. The number of anilines is 1. The van der Waals surface area contributed by atoms with Crippen LogP contribution in [0.1, 0.15) is 22.8 Å². The molecule has 1 aromatic heterocycles. The van der Waals surface area contributed by atoms with Gasteiger partial charge in [-0.1, -0.05) is 24.3 Å². The first kappa shape index (κ1) is 18.2. The van der Waals surface area contributed by atoms with Crippen LogP contribution in [0.15, 0.2) is 41.8 Å². The Morgan fingerprint density at radius 1 is 1.22 bits per heavy atom. The highest BCUT2D eigenvalue weighted by atomic mass is 32.1. The summed E-state index contributed by atoms with van der Waals surface area (Å²) in [5.41, 5.74) is 0.0589. The summed E-state index contributed by atoms with van der Waals surface area (Å²) in [6.07, 6.45) is -1.18. The summed E-state index contributed by atoms with van der Waals surface area (Å²) in [6.45, 7) is 1.37. The molecule has 1 heterocycles. The molecule has 7 nitrogen and oxygen atoms in total. The molecule has 0 aliphatic rings. The molecule has 0 fully saturated rings. The Morgan fingerprint density at radius 3 is 2.63 bits per heavy atom. The van der Waals surface area contributed by atoms with E-state index in [9.17, 15) is 19.8 Å². The second-order valence-corrected chi connectivity index (χ2v) is 6.57. The molecule has 136 valence electrons. The van der Waals surface area contributed by atoms with Crippen LogP contribution in [0.2, 0.25) is 0 Å². The van der Waals surface area contributed by atoms with Gasteiger partial charge in [-0.15, -0.1) is 11.3 Å². The van der Waals surface area contributed by atoms with Crippen molar-refractivity contribution in [2.45, 2.75) is 13.0 Å². The molecule has 0 saturated heterocycles. The third-order valence-electron chi connectivity index (χ3n) is 3.89. The number of fused-ring (bicyclic) bond motifs is 1. The zero-order valence-electron chi connectivity index (χ0n) is 14.1. The van der Waals surface area contributed by atoms with Gasteiger partial charge in [-0.3, -0.25) is 4.79 Å². The van der Waals surface area contributed by atoms with Crippen LogP contribution >= 0.6 is 11.3 Å². The highest BCUT2D eigenvalue weighted by Crippen LogP contribution is 2.35. The van der Waals surface area contributed by atoms with E-state index >= 15 is 0 Å². The zero-order chi connectivity index (χ0) is 19.6. The van der Waals surface area contributed by atoms with Gasteiger partial charge in [0.25, 0.3) is 5.91 Å². The van der Waals surface area contributed by atoms with Gasteiger partial charge >= 0.3 is 5.97 Å². The quantitative estimate of drug-likeness (QED) is 0.470. The van der Waals surface area contributed by atoms with E-state index in [1.807, 2.05) is 6.07 Å². The first-order chi connectivity index (χ1) is 12.9. The molecule has 1 atom stereocenters. The Morgan fingerprint density at radius 2 is 1.93 bits per heavy atom. The number of ether oxygens (including phenoxy) is 1. The van der Waals surface area contributed by atoms with E-state index in [1.54, 1.807) is 35.7 Å². The summed E-state index contributed by atoms with van der Waals surface area (Å²) in [4.78, 5) is 24.6. The predicted molar refractivity (Wildman–Crippen MR) is 99.8 cm³/mol. The van der Waals surface area contributed by atoms with Crippen LogP contribution in [0.4, 0.5) is 5.00 Å². The molecule has 0 radical (unpaired) electrons. The van der Waals surface area contributed by atoms with Crippen molar-refractivity contribution in [3.63, 3.8) is 0 Å². The van der Waals surface area contributed by atoms with E-state index in [0.717, 1.165) is 6.07 Å². The van der Waals surface area contributed by atoms with Crippen LogP contribution in [0.3, 0.4) is 0 Å². The minimum Gasteiger partial charge on any atom is -0.507 e. The maximum atomic E-state index is 12.4. The Kier molecular flexibility index (Phi) is 4.96. The molecular formula is C19H14N2O5S. The van der Waals surface area contributed by atoms with E-state index in [1.165, 1.54) is 18.3 Å². The van der Waals surface area contributed by atoms with Gasteiger partial charge in [0, 0.05) is 10.8 Å². The molecular weight excluding hydrogens is 368 g/mol. The van der Waals surface area contributed by atoms with Crippen molar-refractivity contribution in [1.29, 1.82) is 5.26 Å². The minimum atomic E-state index is -1.18. The van der Waals surface area contributed by atoms with Gasteiger partial charge in [0.2, 0.25) is 0 Å². The van der Waals surface area contributed by atoms with Gasteiger partial charge in [0.05, 0.1) is 5.56 Å². The van der Waals surface area contributed by atoms with E-state index in [-0.39, 0.29) is 17.1 Å².